The van der Waals surface area contributed by atoms with E-state index in [-0.39, 0.29) is 11.8 Å². The third-order valence-corrected chi connectivity index (χ3v) is 2.89. The molecule has 1 saturated carbocycles. The van der Waals surface area contributed by atoms with Crippen LogP contribution in [0.3, 0.4) is 0 Å². The van der Waals surface area contributed by atoms with Crippen LogP contribution in [0.2, 0.25) is 0 Å². The molecule has 0 aromatic rings. The van der Waals surface area contributed by atoms with E-state index in [4.69, 9.17) is 0 Å². The van der Waals surface area contributed by atoms with Crippen LogP contribution in [0, 0.1) is 5.92 Å². The van der Waals surface area contributed by atoms with Gasteiger partial charge in [0.05, 0.1) is 5.92 Å². The molecule has 0 aliphatic heterocycles. The molecule has 0 aromatic heterocycles. The summed E-state index contributed by atoms with van der Waals surface area (Å²) in [6.07, 6.45) is 4.63. The van der Waals surface area contributed by atoms with E-state index in [0.29, 0.717) is 6.04 Å². The van der Waals surface area contributed by atoms with Gasteiger partial charge in [0.1, 0.15) is 0 Å². The number of amides is 1. The average Bonchev–Trinajstić information content (AvgIpc) is 2.16. The lowest BCUT2D eigenvalue weighted by Gasteiger charge is -2.31. The lowest BCUT2D eigenvalue weighted by atomic mass is 9.84. The van der Waals surface area contributed by atoms with Crippen molar-refractivity contribution in [1.82, 2.24) is 10.2 Å². The highest BCUT2D eigenvalue weighted by Crippen LogP contribution is 2.25. The van der Waals surface area contributed by atoms with E-state index in [1.807, 2.05) is 21.1 Å². The van der Waals surface area contributed by atoms with E-state index in [1.165, 1.54) is 12.8 Å². The molecule has 2 atom stereocenters. The summed E-state index contributed by atoms with van der Waals surface area (Å²) < 4.78 is 0. The first-order chi connectivity index (χ1) is 6.16. The Morgan fingerprint density at radius 2 is 1.92 bits per heavy atom. The Kier molecular flexibility index (Phi) is 3.72. The Labute approximate surface area is 80.5 Å². The minimum atomic E-state index is 0.203. The topological polar surface area (TPSA) is 32.3 Å². The highest BCUT2D eigenvalue weighted by Gasteiger charge is 2.30. The first-order valence-electron chi connectivity index (χ1n) is 5.05. The molecule has 1 fully saturated rings. The van der Waals surface area contributed by atoms with Crippen LogP contribution in [0.1, 0.15) is 25.7 Å². The number of rotatable bonds is 2. The van der Waals surface area contributed by atoms with Crippen LogP contribution in [-0.2, 0) is 4.79 Å². The van der Waals surface area contributed by atoms with E-state index < -0.39 is 0 Å². The molecule has 1 aliphatic rings. The summed E-state index contributed by atoms with van der Waals surface area (Å²) in [5, 5.41) is 3.24. The minimum Gasteiger partial charge on any atom is -0.349 e. The molecule has 0 saturated heterocycles. The summed E-state index contributed by atoms with van der Waals surface area (Å²) in [5.41, 5.74) is 0. The molecule has 3 nitrogen and oxygen atoms in total. The van der Waals surface area contributed by atoms with Crippen molar-refractivity contribution in [3.63, 3.8) is 0 Å². The third kappa shape index (κ3) is 2.44. The van der Waals surface area contributed by atoms with Crippen LogP contribution >= 0.6 is 0 Å². The molecule has 1 aliphatic carbocycles. The fourth-order valence-corrected chi connectivity index (χ4v) is 2.10. The van der Waals surface area contributed by atoms with Crippen molar-refractivity contribution < 1.29 is 4.79 Å². The Morgan fingerprint density at radius 1 is 1.31 bits per heavy atom. The molecular formula is C10H20N2O. The summed E-state index contributed by atoms with van der Waals surface area (Å²) in [4.78, 5) is 13.5. The van der Waals surface area contributed by atoms with Gasteiger partial charge in [-0.2, -0.15) is 0 Å². The van der Waals surface area contributed by atoms with Crippen molar-refractivity contribution in [2.45, 2.75) is 31.7 Å². The maximum atomic E-state index is 11.8. The number of hydrogen-bond donors (Lipinski definition) is 1. The summed E-state index contributed by atoms with van der Waals surface area (Å²) >= 11 is 0. The first-order valence-corrected chi connectivity index (χ1v) is 5.05. The molecule has 1 rings (SSSR count). The van der Waals surface area contributed by atoms with Crippen molar-refractivity contribution >= 4 is 5.91 Å². The summed E-state index contributed by atoms with van der Waals surface area (Å²) in [6, 6.07) is 0.392. The molecule has 0 radical (unpaired) electrons. The van der Waals surface area contributed by atoms with Gasteiger partial charge in [0.15, 0.2) is 0 Å². The smallest absolute Gasteiger partial charge is 0.226 e. The number of nitrogens with zero attached hydrogens (tertiary/aromatic N) is 1. The van der Waals surface area contributed by atoms with E-state index in [2.05, 4.69) is 5.32 Å². The van der Waals surface area contributed by atoms with Crippen molar-refractivity contribution in [2.24, 2.45) is 5.92 Å². The maximum Gasteiger partial charge on any atom is 0.226 e. The maximum absolute atomic E-state index is 11.8. The van der Waals surface area contributed by atoms with Crippen molar-refractivity contribution in [3.05, 3.63) is 0 Å². The van der Waals surface area contributed by atoms with E-state index in [9.17, 15) is 4.79 Å². The van der Waals surface area contributed by atoms with Gasteiger partial charge in [-0.3, -0.25) is 4.79 Å². The predicted molar refractivity (Wildman–Crippen MR) is 53.5 cm³/mol. The second-order valence-electron chi connectivity index (χ2n) is 4.02. The standard InChI is InChI=1S/C10H20N2O/c1-11-9-7-5-4-6-8(9)10(13)12(2)3/h8-9,11H,4-7H2,1-3H3. The quantitative estimate of drug-likeness (QED) is 0.690. The zero-order valence-corrected chi connectivity index (χ0v) is 8.84. The van der Waals surface area contributed by atoms with Crippen LogP contribution in [0.5, 0.6) is 0 Å². The highest BCUT2D eigenvalue weighted by atomic mass is 16.2. The fourth-order valence-electron chi connectivity index (χ4n) is 2.10. The zero-order valence-electron chi connectivity index (χ0n) is 8.84. The highest BCUT2D eigenvalue weighted by molar-refractivity contribution is 5.79. The lowest BCUT2D eigenvalue weighted by molar-refractivity contribution is -0.134. The van der Waals surface area contributed by atoms with Gasteiger partial charge in [-0.15, -0.1) is 0 Å². The van der Waals surface area contributed by atoms with Crippen LogP contribution in [0.15, 0.2) is 0 Å². The van der Waals surface area contributed by atoms with Crippen molar-refractivity contribution in [3.8, 4) is 0 Å². The van der Waals surface area contributed by atoms with Gasteiger partial charge in [0.2, 0.25) is 5.91 Å². The second kappa shape index (κ2) is 4.61. The predicted octanol–water partition coefficient (Wildman–Crippen LogP) is 0.853. The lowest BCUT2D eigenvalue weighted by Crippen LogP contribution is -2.44. The molecule has 13 heavy (non-hydrogen) atoms. The average molecular weight is 184 g/mol. The van der Waals surface area contributed by atoms with E-state index in [0.717, 1.165) is 12.8 Å². The van der Waals surface area contributed by atoms with Crippen molar-refractivity contribution in [1.29, 1.82) is 0 Å². The summed E-state index contributed by atoms with van der Waals surface area (Å²) in [6.45, 7) is 0. The summed E-state index contributed by atoms with van der Waals surface area (Å²) in [7, 11) is 5.62. The molecule has 1 amide bonds. The Hall–Kier alpha value is -0.570. The molecule has 0 aromatic carbocycles. The normalized spacial score (nSPS) is 28.5. The second-order valence-corrected chi connectivity index (χ2v) is 4.02. The molecule has 0 spiro atoms. The minimum absolute atomic E-state index is 0.203. The first kappa shape index (κ1) is 10.5. The number of carbonyl (C=O) groups excluding carboxylic acids is 1. The number of hydrogen-bond acceptors (Lipinski definition) is 2. The van der Waals surface area contributed by atoms with E-state index >= 15 is 0 Å². The van der Waals surface area contributed by atoms with Gasteiger partial charge in [-0.1, -0.05) is 12.8 Å². The Bertz CT molecular complexity index is 180. The molecule has 3 heteroatoms. The zero-order chi connectivity index (χ0) is 9.84. The van der Waals surface area contributed by atoms with Gasteiger partial charge in [0, 0.05) is 20.1 Å². The molecule has 76 valence electrons. The van der Waals surface area contributed by atoms with Crippen molar-refractivity contribution in [2.75, 3.05) is 21.1 Å². The van der Waals surface area contributed by atoms with Crippen LogP contribution in [-0.4, -0.2) is 38.0 Å². The van der Waals surface area contributed by atoms with Gasteiger partial charge >= 0.3 is 0 Å². The van der Waals surface area contributed by atoms with Crippen LogP contribution in [0.4, 0.5) is 0 Å². The fraction of sp³-hybridized carbons (Fsp3) is 0.900. The van der Waals surface area contributed by atoms with Crippen LogP contribution in [0.25, 0.3) is 0 Å². The third-order valence-electron chi connectivity index (χ3n) is 2.89. The monoisotopic (exact) mass is 184 g/mol. The van der Waals surface area contributed by atoms with Gasteiger partial charge in [-0.05, 0) is 19.9 Å². The Morgan fingerprint density at radius 3 is 2.46 bits per heavy atom. The largest absolute Gasteiger partial charge is 0.349 e. The number of nitrogens with one attached hydrogen (secondary N) is 1. The molecule has 1 N–H and O–H groups in total. The SMILES string of the molecule is CNC1CCCCC1C(=O)N(C)C. The molecule has 0 bridgehead atoms. The van der Waals surface area contributed by atoms with E-state index in [1.54, 1.807) is 4.90 Å². The summed E-state index contributed by atoms with van der Waals surface area (Å²) in [5.74, 6) is 0.479. The van der Waals surface area contributed by atoms with Gasteiger partial charge in [0.25, 0.3) is 0 Å². The van der Waals surface area contributed by atoms with Crippen LogP contribution < -0.4 is 5.32 Å². The number of carbonyl (C=O) groups is 1. The molecule has 0 heterocycles. The van der Waals surface area contributed by atoms with Gasteiger partial charge in [-0.25, -0.2) is 0 Å². The molecular weight excluding hydrogens is 164 g/mol. The Balaban J connectivity index is 2.58. The van der Waals surface area contributed by atoms with Gasteiger partial charge < -0.3 is 10.2 Å². The molecule has 2 unspecified atom stereocenters.